The highest BCUT2D eigenvalue weighted by Crippen LogP contribution is 2.28. The number of hydrogen-bond donors (Lipinski definition) is 0. The van der Waals surface area contributed by atoms with E-state index in [4.69, 9.17) is 11.6 Å². The molecule has 0 fully saturated rings. The minimum Gasteiger partial charge on any atom is -0.298 e. The van der Waals surface area contributed by atoms with Gasteiger partial charge in [-0.15, -0.1) is 0 Å². The van der Waals surface area contributed by atoms with E-state index in [-0.39, 0.29) is 0 Å². The maximum absolute atomic E-state index is 11.4. The first-order valence-electron chi connectivity index (χ1n) is 5.59. The molecule has 3 rings (SSSR count). The first-order chi connectivity index (χ1) is 9.20. The topological polar surface area (TPSA) is 34.4 Å². The van der Waals surface area contributed by atoms with E-state index in [9.17, 15) is 4.79 Å². The van der Waals surface area contributed by atoms with Gasteiger partial charge in [0.1, 0.15) is 10.8 Å². The summed E-state index contributed by atoms with van der Waals surface area (Å²) >= 11 is 9.51. The smallest absolute Gasteiger partial charge is 0.154 e. The average Bonchev–Trinajstić information content (AvgIpc) is 2.79. The third kappa shape index (κ3) is 2.07. The molecule has 2 heterocycles. The van der Waals surface area contributed by atoms with Crippen molar-refractivity contribution in [1.29, 1.82) is 0 Å². The van der Waals surface area contributed by atoms with Gasteiger partial charge in [-0.2, -0.15) is 5.10 Å². The lowest BCUT2D eigenvalue weighted by molar-refractivity contribution is 0.112. The number of rotatable bonds is 2. The molecule has 0 atom stereocenters. The Labute approximate surface area is 122 Å². The number of hydrogen-bond acceptors (Lipinski definition) is 2. The van der Waals surface area contributed by atoms with Gasteiger partial charge >= 0.3 is 0 Å². The Morgan fingerprint density at radius 2 is 2.00 bits per heavy atom. The normalized spacial score (nSPS) is 10.8. The quantitative estimate of drug-likeness (QED) is 0.519. The highest BCUT2D eigenvalue weighted by molar-refractivity contribution is 9.10. The van der Waals surface area contributed by atoms with Crippen LogP contribution in [0.15, 0.2) is 46.9 Å². The molecule has 0 aliphatic rings. The van der Waals surface area contributed by atoms with E-state index in [1.807, 2.05) is 30.3 Å². The van der Waals surface area contributed by atoms with Crippen LogP contribution in [0.4, 0.5) is 0 Å². The largest absolute Gasteiger partial charge is 0.298 e. The van der Waals surface area contributed by atoms with Crippen LogP contribution < -0.4 is 0 Å². The van der Waals surface area contributed by atoms with Crippen LogP contribution in [-0.2, 0) is 0 Å². The van der Waals surface area contributed by atoms with Gasteiger partial charge in [0.05, 0.1) is 11.1 Å². The molecule has 0 saturated carbocycles. The van der Waals surface area contributed by atoms with Crippen LogP contribution >= 0.6 is 27.5 Å². The molecule has 2 aromatic heterocycles. The van der Waals surface area contributed by atoms with E-state index in [0.29, 0.717) is 21.9 Å². The summed E-state index contributed by atoms with van der Waals surface area (Å²) in [4.78, 5) is 11.4. The van der Waals surface area contributed by atoms with Gasteiger partial charge in [0, 0.05) is 10.0 Å². The van der Waals surface area contributed by atoms with Gasteiger partial charge in [-0.1, -0.05) is 45.7 Å². The van der Waals surface area contributed by atoms with E-state index in [2.05, 4.69) is 21.0 Å². The van der Waals surface area contributed by atoms with Crippen LogP contribution in [0.3, 0.4) is 0 Å². The number of halogens is 2. The molecule has 0 saturated heterocycles. The lowest BCUT2D eigenvalue weighted by Crippen LogP contribution is -1.88. The molecule has 0 aliphatic heterocycles. The number of aromatic nitrogens is 2. The van der Waals surface area contributed by atoms with Crippen molar-refractivity contribution in [3.8, 4) is 11.3 Å². The fourth-order valence-electron chi connectivity index (χ4n) is 2.02. The van der Waals surface area contributed by atoms with Crippen molar-refractivity contribution in [2.75, 3.05) is 0 Å². The second-order valence-electron chi connectivity index (χ2n) is 4.04. The number of benzene rings is 1. The Kier molecular flexibility index (Phi) is 3.12. The molecule has 0 amide bonds. The van der Waals surface area contributed by atoms with E-state index >= 15 is 0 Å². The SMILES string of the molecule is O=Cc1c(-c2cccc(Br)c2)nn2c(Cl)cccc12. The maximum Gasteiger partial charge on any atom is 0.154 e. The van der Waals surface area contributed by atoms with Crippen LogP contribution in [0.1, 0.15) is 10.4 Å². The van der Waals surface area contributed by atoms with Crippen molar-refractivity contribution in [2.45, 2.75) is 0 Å². The monoisotopic (exact) mass is 334 g/mol. The van der Waals surface area contributed by atoms with Crippen LogP contribution in [0, 0.1) is 0 Å². The minimum atomic E-state index is 0.474. The number of nitrogens with zero attached hydrogens (tertiary/aromatic N) is 2. The number of pyridine rings is 1. The first-order valence-corrected chi connectivity index (χ1v) is 6.76. The number of fused-ring (bicyclic) bond motifs is 1. The van der Waals surface area contributed by atoms with Crippen molar-refractivity contribution in [1.82, 2.24) is 9.61 Å². The third-order valence-corrected chi connectivity index (χ3v) is 3.64. The van der Waals surface area contributed by atoms with Crippen molar-refractivity contribution in [3.63, 3.8) is 0 Å². The fourth-order valence-corrected chi connectivity index (χ4v) is 2.62. The number of aldehydes is 1. The molecule has 3 nitrogen and oxygen atoms in total. The third-order valence-electron chi connectivity index (χ3n) is 2.87. The summed E-state index contributed by atoms with van der Waals surface area (Å²) in [5, 5.41) is 4.90. The van der Waals surface area contributed by atoms with Crippen molar-refractivity contribution in [2.24, 2.45) is 0 Å². The summed E-state index contributed by atoms with van der Waals surface area (Å²) in [5.41, 5.74) is 2.75. The second-order valence-corrected chi connectivity index (χ2v) is 5.34. The molecule has 3 aromatic rings. The molecule has 0 spiro atoms. The Hall–Kier alpha value is -1.65. The zero-order valence-corrected chi connectivity index (χ0v) is 12.0. The standard InChI is InChI=1S/C14H8BrClN2O/c15-10-4-1-3-9(7-10)14-11(8-19)12-5-2-6-13(16)18(12)17-14/h1-8H. The number of carbonyl (C=O) groups excluding carboxylic acids is 1. The molecule has 0 aliphatic carbocycles. The predicted octanol–water partition coefficient (Wildman–Crippen LogP) is 4.23. The van der Waals surface area contributed by atoms with Crippen LogP contribution in [-0.4, -0.2) is 15.9 Å². The average molecular weight is 336 g/mol. The molecular formula is C14H8BrClN2O. The highest BCUT2D eigenvalue weighted by atomic mass is 79.9. The van der Waals surface area contributed by atoms with Crippen molar-refractivity contribution >= 4 is 39.3 Å². The Balaban J connectivity index is 2.35. The van der Waals surface area contributed by atoms with Gasteiger partial charge in [0.25, 0.3) is 0 Å². The summed E-state index contributed by atoms with van der Waals surface area (Å²) in [6, 6.07) is 13.0. The van der Waals surface area contributed by atoms with Crippen LogP contribution in [0.25, 0.3) is 16.8 Å². The van der Waals surface area contributed by atoms with Crippen molar-refractivity contribution < 1.29 is 4.79 Å². The molecule has 5 heteroatoms. The Bertz CT molecular complexity index is 782. The first kappa shape index (κ1) is 12.4. The molecule has 19 heavy (non-hydrogen) atoms. The maximum atomic E-state index is 11.4. The lowest BCUT2D eigenvalue weighted by atomic mass is 10.1. The van der Waals surface area contributed by atoms with Gasteiger partial charge in [-0.25, -0.2) is 4.52 Å². The van der Waals surface area contributed by atoms with E-state index in [0.717, 1.165) is 16.3 Å². The van der Waals surface area contributed by atoms with Gasteiger partial charge in [0.2, 0.25) is 0 Å². The summed E-state index contributed by atoms with van der Waals surface area (Å²) < 4.78 is 2.51. The van der Waals surface area contributed by atoms with Gasteiger partial charge in [0.15, 0.2) is 6.29 Å². The molecular weight excluding hydrogens is 328 g/mol. The Morgan fingerprint density at radius 3 is 2.74 bits per heavy atom. The summed E-state index contributed by atoms with van der Waals surface area (Å²) in [6.07, 6.45) is 0.814. The second kappa shape index (κ2) is 4.79. The molecule has 0 radical (unpaired) electrons. The van der Waals surface area contributed by atoms with Crippen LogP contribution in [0.2, 0.25) is 5.15 Å². The van der Waals surface area contributed by atoms with E-state index in [1.165, 1.54) is 0 Å². The van der Waals surface area contributed by atoms with Gasteiger partial charge < -0.3 is 0 Å². The van der Waals surface area contributed by atoms with Gasteiger partial charge in [-0.3, -0.25) is 4.79 Å². The number of carbonyl (C=O) groups is 1. The van der Waals surface area contributed by atoms with Crippen molar-refractivity contribution in [3.05, 3.63) is 57.7 Å². The molecule has 0 N–H and O–H groups in total. The molecule has 0 unspecified atom stereocenters. The van der Waals surface area contributed by atoms with E-state index < -0.39 is 0 Å². The van der Waals surface area contributed by atoms with E-state index in [1.54, 1.807) is 16.6 Å². The molecule has 94 valence electrons. The molecule has 0 bridgehead atoms. The molecule has 1 aromatic carbocycles. The van der Waals surface area contributed by atoms with Gasteiger partial charge in [-0.05, 0) is 24.3 Å². The van der Waals surface area contributed by atoms with Crippen LogP contribution in [0.5, 0.6) is 0 Å². The fraction of sp³-hybridized carbons (Fsp3) is 0. The Morgan fingerprint density at radius 1 is 1.21 bits per heavy atom. The summed E-state index contributed by atoms with van der Waals surface area (Å²) in [7, 11) is 0. The highest BCUT2D eigenvalue weighted by Gasteiger charge is 2.15. The summed E-state index contributed by atoms with van der Waals surface area (Å²) in [5.74, 6) is 0. The lowest BCUT2D eigenvalue weighted by Gasteiger charge is -1.98. The zero-order valence-electron chi connectivity index (χ0n) is 9.68. The minimum absolute atomic E-state index is 0.474. The summed E-state index contributed by atoms with van der Waals surface area (Å²) in [6.45, 7) is 0. The predicted molar refractivity (Wildman–Crippen MR) is 78.7 cm³/mol. The zero-order chi connectivity index (χ0) is 13.4.